The van der Waals surface area contributed by atoms with Crippen LogP contribution in [0.3, 0.4) is 0 Å². The first-order valence-corrected chi connectivity index (χ1v) is 12.7. The predicted octanol–water partition coefficient (Wildman–Crippen LogP) is 2.32. The fourth-order valence-corrected chi connectivity index (χ4v) is 5.32. The van der Waals surface area contributed by atoms with Crippen LogP contribution >= 0.6 is 0 Å². The van der Waals surface area contributed by atoms with E-state index in [4.69, 9.17) is 0 Å². The summed E-state index contributed by atoms with van der Waals surface area (Å²) in [4.78, 5) is 0. The van der Waals surface area contributed by atoms with Crippen molar-refractivity contribution in [2.24, 2.45) is 0 Å². The Hall–Kier alpha value is -2.06. The maximum Gasteiger partial charge on any atom is 1.00 e. The molecule has 0 saturated carbocycles. The molecule has 0 saturated heterocycles. The van der Waals surface area contributed by atoms with Crippen molar-refractivity contribution in [3.05, 3.63) is 119 Å². The molecule has 4 rings (SSSR count). The molecular weight excluding hydrogens is 418 g/mol. The summed E-state index contributed by atoms with van der Waals surface area (Å²) in [6.07, 6.45) is 2.93. The Morgan fingerprint density at radius 1 is 0.353 bits per heavy atom. The van der Waals surface area contributed by atoms with E-state index in [1.807, 2.05) is 0 Å². The molecule has 2 heteroatoms. The van der Waals surface area contributed by atoms with E-state index in [-0.39, 0.29) is 29.6 Å². The van der Waals surface area contributed by atoms with Crippen molar-refractivity contribution in [3.8, 4) is 0 Å². The van der Waals surface area contributed by atoms with Gasteiger partial charge in [0.2, 0.25) is 0 Å². The zero-order valence-electron chi connectivity index (χ0n) is 21.6. The Morgan fingerprint density at radius 2 is 0.529 bits per heavy atom. The first-order valence-electron chi connectivity index (χ1n) is 12.7. The topological polar surface area (TPSA) is 0 Å². The molecule has 4 aromatic carbocycles. The van der Waals surface area contributed by atoms with Gasteiger partial charge in [-0.25, -0.2) is 0 Å². The maximum absolute atomic E-state index is 2.37. The van der Waals surface area contributed by atoms with E-state index in [0.717, 1.165) is 25.7 Å². The first-order chi connectivity index (χ1) is 16.1. The van der Waals surface area contributed by atoms with Crippen LogP contribution in [0.1, 0.15) is 49.9 Å². The van der Waals surface area contributed by atoms with Gasteiger partial charge in [0.25, 0.3) is 0 Å². The second kappa shape index (κ2) is 12.1. The Kier molecular flexibility index (Phi) is 9.43. The zero-order chi connectivity index (χ0) is 23.3. The van der Waals surface area contributed by atoms with Gasteiger partial charge < -0.3 is 0 Å². The van der Waals surface area contributed by atoms with Crippen LogP contribution < -0.4 is 51.4 Å². The van der Waals surface area contributed by atoms with Crippen molar-refractivity contribution < 1.29 is 29.6 Å². The van der Waals surface area contributed by atoms with E-state index in [1.54, 1.807) is 0 Å². The van der Waals surface area contributed by atoms with Crippen LogP contribution in [0.2, 0.25) is 0 Å². The van der Waals surface area contributed by atoms with Crippen LogP contribution in [0.25, 0.3) is 0 Å². The summed E-state index contributed by atoms with van der Waals surface area (Å²) < 4.78 is 0. The van der Waals surface area contributed by atoms with E-state index in [1.165, 1.54) is 44.1 Å². The molecule has 0 heterocycles. The maximum atomic E-state index is 2.37. The molecule has 0 N–H and O–H groups in total. The third-order valence-corrected chi connectivity index (χ3v) is 7.55. The van der Waals surface area contributed by atoms with Gasteiger partial charge >= 0.3 is 29.6 Å². The Labute approximate surface area is 229 Å². The monoisotopic (exact) mass is 454 g/mol. The molecule has 0 nitrogen and oxygen atoms in total. The third kappa shape index (κ3) is 5.13. The molecule has 0 aromatic heterocycles. The van der Waals surface area contributed by atoms with E-state index in [9.17, 15) is 0 Å². The van der Waals surface area contributed by atoms with Crippen molar-refractivity contribution in [1.82, 2.24) is 0 Å². The van der Waals surface area contributed by atoms with E-state index in [2.05, 4.69) is 125 Å². The van der Waals surface area contributed by atoms with Crippen LogP contribution in [0.5, 0.6) is 0 Å². The molecule has 0 unspecified atom stereocenters. The molecule has 0 aliphatic carbocycles. The summed E-state index contributed by atoms with van der Waals surface area (Å²) in [5.41, 5.74) is 11.0. The number of aryl methyl sites for hydroxylation is 4. The molecule has 0 fully saturated rings. The van der Waals surface area contributed by atoms with Crippen LogP contribution in [0.4, 0.5) is 0 Å². The van der Waals surface area contributed by atoms with Gasteiger partial charge in [-0.15, -0.1) is 0 Å². The van der Waals surface area contributed by atoms with Crippen molar-refractivity contribution in [2.45, 2.75) is 53.4 Å². The predicted molar refractivity (Wildman–Crippen MR) is 148 cm³/mol. The van der Waals surface area contributed by atoms with Crippen LogP contribution in [-0.4, -0.2) is 6.15 Å². The average molecular weight is 454 g/mol. The number of benzene rings is 4. The summed E-state index contributed by atoms with van der Waals surface area (Å²) in [5, 5.41) is 0. The SMILES string of the molecule is CCc1ccc([B-](c2ccc(CC)cc2)(c2ccc(CC)cc2)c2ccc(CC)cc2)cc1.[Na+]. The van der Waals surface area contributed by atoms with Crippen LogP contribution in [0.15, 0.2) is 97.1 Å². The van der Waals surface area contributed by atoms with Crippen LogP contribution in [0, 0.1) is 0 Å². The van der Waals surface area contributed by atoms with Crippen LogP contribution in [-0.2, 0) is 25.7 Å². The molecule has 0 atom stereocenters. The molecule has 0 radical (unpaired) electrons. The van der Waals surface area contributed by atoms with Gasteiger partial charge in [-0.3, -0.25) is 0 Å². The summed E-state index contributed by atoms with van der Waals surface area (Å²) in [7, 11) is 0. The fraction of sp³-hybridized carbons (Fsp3) is 0.250. The molecular formula is C32H36BNa. The molecule has 0 aliphatic heterocycles. The smallest absolute Gasteiger partial charge is 0.195 e. The molecule has 4 aromatic rings. The van der Waals surface area contributed by atoms with Crippen molar-refractivity contribution in [2.75, 3.05) is 0 Å². The van der Waals surface area contributed by atoms with Gasteiger partial charge in [0, 0.05) is 0 Å². The molecule has 0 spiro atoms. The van der Waals surface area contributed by atoms with Gasteiger partial charge in [-0.1, -0.05) is 125 Å². The van der Waals surface area contributed by atoms with Gasteiger partial charge in [0.15, 0.2) is 0 Å². The minimum Gasteiger partial charge on any atom is -0.195 e. The summed E-state index contributed by atoms with van der Waals surface area (Å²) in [5.74, 6) is 0. The third-order valence-electron chi connectivity index (χ3n) is 7.55. The van der Waals surface area contributed by atoms with Gasteiger partial charge in [0.05, 0.1) is 0 Å². The van der Waals surface area contributed by atoms with E-state index in [0.29, 0.717) is 0 Å². The molecule has 34 heavy (non-hydrogen) atoms. The van der Waals surface area contributed by atoms with E-state index < -0.39 is 6.15 Å². The van der Waals surface area contributed by atoms with Crippen molar-refractivity contribution >= 4 is 28.0 Å². The minimum absolute atomic E-state index is 0. The average Bonchev–Trinajstić information content (AvgIpc) is 2.90. The summed E-state index contributed by atoms with van der Waals surface area (Å²) >= 11 is 0. The molecule has 0 bridgehead atoms. The summed E-state index contributed by atoms with van der Waals surface area (Å²) in [6.45, 7) is 8.90. The zero-order valence-corrected chi connectivity index (χ0v) is 23.6. The number of hydrogen-bond acceptors (Lipinski definition) is 0. The van der Waals surface area contributed by atoms with Gasteiger partial charge in [-0.2, -0.15) is 21.9 Å². The van der Waals surface area contributed by atoms with Gasteiger partial charge in [-0.05, 0) is 47.9 Å². The second-order valence-corrected chi connectivity index (χ2v) is 9.25. The normalized spacial score (nSPS) is 11.2. The van der Waals surface area contributed by atoms with Gasteiger partial charge in [0.1, 0.15) is 6.15 Å². The largest absolute Gasteiger partial charge is 1.00 e. The number of rotatable bonds is 8. The van der Waals surface area contributed by atoms with E-state index >= 15 is 0 Å². The Bertz CT molecular complexity index is 962. The van der Waals surface area contributed by atoms with Crippen molar-refractivity contribution in [3.63, 3.8) is 0 Å². The molecule has 168 valence electrons. The standard InChI is InChI=1S/C32H36B.Na/c1-5-25-9-17-29(18-10-25)33(30-19-11-26(6-2)12-20-30,31-21-13-27(7-3)14-22-31)32-23-15-28(8-4)16-24-32;/h9-24H,5-8H2,1-4H3;/q-1;+1. The first kappa shape index (κ1) is 26.5. The molecule has 0 aliphatic rings. The quantitative estimate of drug-likeness (QED) is 0.359. The summed E-state index contributed by atoms with van der Waals surface area (Å²) in [6, 6.07) is 37.5. The van der Waals surface area contributed by atoms with Crippen molar-refractivity contribution in [1.29, 1.82) is 0 Å². The Balaban J connectivity index is 0.00000324. The molecule has 0 amide bonds. The number of hydrogen-bond donors (Lipinski definition) is 0. The fourth-order valence-electron chi connectivity index (χ4n) is 5.32. The second-order valence-electron chi connectivity index (χ2n) is 9.25. The Morgan fingerprint density at radius 3 is 0.676 bits per heavy atom. The minimum atomic E-state index is -1.30.